The highest BCUT2D eigenvalue weighted by molar-refractivity contribution is 5.94. The zero-order chi connectivity index (χ0) is 34.0. The molecule has 0 aromatic carbocycles. The number of likely N-dealkylation sites (N-methyl/N-ethyl adjacent to an activating group) is 1. The van der Waals surface area contributed by atoms with E-state index < -0.39 is 41.5 Å². The molecule has 0 aromatic heterocycles. The lowest BCUT2D eigenvalue weighted by atomic mass is 9.96. The second-order valence-electron chi connectivity index (χ2n) is 12.8. The third kappa shape index (κ3) is 20.0. The van der Waals surface area contributed by atoms with Gasteiger partial charge in [-0.05, 0) is 73.3 Å². The van der Waals surface area contributed by atoms with Crippen molar-refractivity contribution in [2.45, 2.75) is 138 Å². The highest BCUT2D eigenvalue weighted by atomic mass is 16.5. The number of ether oxygens (including phenoxy) is 1. The Balaban J connectivity index is 0. The molecule has 5 amide bonds. The fourth-order valence-corrected chi connectivity index (χ4v) is 4.05. The van der Waals surface area contributed by atoms with Crippen LogP contribution in [0, 0.1) is 11.8 Å². The highest BCUT2D eigenvalue weighted by Crippen LogP contribution is 2.14. The van der Waals surface area contributed by atoms with E-state index in [2.05, 4.69) is 26.6 Å². The van der Waals surface area contributed by atoms with Crippen LogP contribution in [-0.4, -0.2) is 79.0 Å². The van der Waals surface area contributed by atoms with Crippen LogP contribution in [0.1, 0.15) is 108 Å². The molecule has 7 N–H and O–H groups in total. The molecule has 0 aromatic rings. The zero-order valence-corrected chi connectivity index (χ0v) is 28.9. The zero-order valence-electron chi connectivity index (χ0n) is 28.9. The average molecular weight is 615 g/mol. The molecule has 0 aliphatic rings. The van der Waals surface area contributed by atoms with Crippen molar-refractivity contribution in [2.24, 2.45) is 17.6 Å². The van der Waals surface area contributed by atoms with E-state index in [0.29, 0.717) is 25.9 Å². The predicted molar refractivity (Wildman–Crippen MR) is 171 cm³/mol. The van der Waals surface area contributed by atoms with Crippen molar-refractivity contribution >= 4 is 29.5 Å². The Bertz CT molecular complexity index is 869. The number of urea groups is 1. The lowest BCUT2D eigenvalue weighted by Crippen LogP contribution is -2.57. The van der Waals surface area contributed by atoms with Gasteiger partial charge in [0.1, 0.15) is 6.04 Å². The molecule has 43 heavy (non-hydrogen) atoms. The average Bonchev–Trinajstić information content (AvgIpc) is 2.88. The van der Waals surface area contributed by atoms with Gasteiger partial charge in [-0.1, -0.05) is 41.5 Å². The summed E-state index contributed by atoms with van der Waals surface area (Å²) in [6.45, 7) is 21.7. The number of rotatable bonds is 19. The van der Waals surface area contributed by atoms with E-state index in [9.17, 15) is 24.0 Å². The topological polar surface area (TPSA) is 181 Å². The molecule has 0 heterocycles. The maximum absolute atomic E-state index is 13.2. The molecule has 12 heteroatoms. The normalized spacial score (nSPS) is 13.7. The van der Waals surface area contributed by atoms with Gasteiger partial charge in [-0.2, -0.15) is 0 Å². The number of hydrogen-bond donors (Lipinski definition) is 6. The number of nitrogens with one attached hydrogen (secondary N) is 5. The number of carbonyl (C=O) groups is 5. The van der Waals surface area contributed by atoms with Gasteiger partial charge in [0.05, 0.1) is 17.7 Å². The lowest BCUT2D eigenvalue weighted by molar-refractivity contribution is -0.134. The SMILES string of the molecule is CC.CNC(CCC(=O)NC(C)(C)CCOC(C)(C)C)C(=O)NC(C(=O)NC(CCCNC(N)=O)C(=O)C(C)C)C(C)C. The number of ketones is 1. The summed E-state index contributed by atoms with van der Waals surface area (Å²) in [5.41, 5.74) is 4.36. The lowest BCUT2D eigenvalue weighted by Gasteiger charge is -2.29. The van der Waals surface area contributed by atoms with Gasteiger partial charge in [0, 0.05) is 31.0 Å². The molecule has 0 radical (unpaired) electrons. The summed E-state index contributed by atoms with van der Waals surface area (Å²) in [4.78, 5) is 62.7. The van der Waals surface area contributed by atoms with Gasteiger partial charge in [0.15, 0.2) is 5.78 Å². The third-order valence-electron chi connectivity index (χ3n) is 6.51. The van der Waals surface area contributed by atoms with Crippen molar-refractivity contribution in [3.05, 3.63) is 0 Å². The third-order valence-corrected chi connectivity index (χ3v) is 6.51. The van der Waals surface area contributed by atoms with Crippen molar-refractivity contribution in [2.75, 3.05) is 20.2 Å². The predicted octanol–water partition coefficient (Wildman–Crippen LogP) is 2.78. The minimum atomic E-state index is -0.889. The second kappa shape index (κ2) is 21.1. The Labute approximate surface area is 260 Å². The Kier molecular flexibility index (Phi) is 20.8. The monoisotopic (exact) mass is 614 g/mol. The van der Waals surface area contributed by atoms with Crippen LogP contribution >= 0.6 is 0 Å². The molecular formula is C31H62N6O6. The summed E-state index contributed by atoms with van der Waals surface area (Å²) < 4.78 is 5.77. The van der Waals surface area contributed by atoms with Crippen molar-refractivity contribution in [1.29, 1.82) is 0 Å². The fourth-order valence-electron chi connectivity index (χ4n) is 4.05. The van der Waals surface area contributed by atoms with Gasteiger partial charge in [-0.25, -0.2) is 4.79 Å². The van der Waals surface area contributed by atoms with Crippen LogP contribution in [0.2, 0.25) is 0 Å². The van der Waals surface area contributed by atoms with Crippen LogP contribution in [0.3, 0.4) is 0 Å². The minimum absolute atomic E-state index is 0.116. The smallest absolute Gasteiger partial charge is 0.312 e. The van der Waals surface area contributed by atoms with Crippen molar-refractivity contribution < 1.29 is 28.7 Å². The number of amides is 5. The van der Waals surface area contributed by atoms with Gasteiger partial charge in [-0.15, -0.1) is 0 Å². The van der Waals surface area contributed by atoms with E-state index in [1.807, 2.05) is 48.5 Å². The Morgan fingerprint density at radius 1 is 0.837 bits per heavy atom. The van der Waals surface area contributed by atoms with Gasteiger partial charge in [-0.3, -0.25) is 19.2 Å². The number of primary amides is 1. The first kappa shape index (κ1) is 42.4. The van der Waals surface area contributed by atoms with Gasteiger partial charge < -0.3 is 37.1 Å². The first-order valence-electron chi connectivity index (χ1n) is 15.6. The number of nitrogens with two attached hydrogens (primary N) is 1. The van der Waals surface area contributed by atoms with E-state index in [0.717, 1.165) is 0 Å². The maximum atomic E-state index is 13.2. The number of carbonyl (C=O) groups excluding carboxylic acids is 5. The largest absolute Gasteiger partial charge is 0.376 e. The van der Waals surface area contributed by atoms with E-state index in [-0.39, 0.29) is 48.5 Å². The molecule has 3 atom stereocenters. The second-order valence-corrected chi connectivity index (χ2v) is 12.8. The summed E-state index contributed by atoms with van der Waals surface area (Å²) in [5, 5.41) is 14.0. The van der Waals surface area contributed by atoms with Crippen molar-refractivity contribution in [3.63, 3.8) is 0 Å². The summed E-state index contributed by atoms with van der Waals surface area (Å²) in [7, 11) is 1.62. The number of Topliss-reactive ketones (excluding diaryl/α,β-unsaturated/α-hetero) is 1. The van der Waals surface area contributed by atoms with Gasteiger partial charge in [0.2, 0.25) is 17.7 Å². The number of hydrogen-bond acceptors (Lipinski definition) is 7. The summed E-state index contributed by atoms with van der Waals surface area (Å²) in [6.07, 6.45) is 1.74. The Hall–Kier alpha value is -2.73. The van der Waals surface area contributed by atoms with E-state index in [1.165, 1.54) is 0 Å². The highest BCUT2D eigenvalue weighted by Gasteiger charge is 2.31. The molecule has 0 saturated heterocycles. The van der Waals surface area contributed by atoms with Crippen LogP contribution in [0.4, 0.5) is 4.79 Å². The Morgan fingerprint density at radius 3 is 1.88 bits per heavy atom. The molecule has 3 unspecified atom stereocenters. The first-order valence-corrected chi connectivity index (χ1v) is 15.6. The van der Waals surface area contributed by atoms with Gasteiger partial charge >= 0.3 is 6.03 Å². The minimum Gasteiger partial charge on any atom is -0.376 e. The van der Waals surface area contributed by atoms with Crippen molar-refractivity contribution in [3.8, 4) is 0 Å². The van der Waals surface area contributed by atoms with E-state index in [1.54, 1.807) is 34.7 Å². The van der Waals surface area contributed by atoms with Crippen LogP contribution in [0.15, 0.2) is 0 Å². The Morgan fingerprint density at radius 2 is 1.42 bits per heavy atom. The van der Waals surface area contributed by atoms with Crippen LogP contribution in [0.25, 0.3) is 0 Å². The molecule has 0 aliphatic carbocycles. The molecule has 0 bridgehead atoms. The standard InChI is InChI=1S/C29H56N6O6.C2H6/c1-18(2)23(26(39)33-20(24(37)19(3)4)12-11-16-32-27(30)40)34-25(38)21(31-10)13-14-22(36)35-29(8,9)15-17-41-28(5,6)7;1-2/h18-21,23,31H,11-17H2,1-10H3,(H,33,39)(H,34,38)(H,35,36)(H3,30,32,40);1-2H3. The summed E-state index contributed by atoms with van der Waals surface area (Å²) in [6, 6.07) is -3.01. The molecule has 0 spiro atoms. The summed E-state index contributed by atoms with van der Waals surface area (Å²) in [5.74, 6) is -1.78. The van der Waals surface area contributed by atoms with Crippen LogP contribution < -0.4 is 32.3 Å². The quantitative estimate of drug-likeness (QED) is 0.121. The molecule has 0 aliphatic heterocycles. The fraction of sp³-hybridized carbons (Fsp3) is 0.839. The molecule has 0 saturated carbocycles. The van der Waals surface area contributed by atoms with Gasteiger partial charge in [0.25, 0.3) is 0 Å². The molecule has 12 nitrogen and oxygen atoms in total. The molecule has 0 rings (SSSR count). The molecule has 0 fully saturated rings. The molecule has 252 valence electrons. The summed E-state index contributed by atoms with van der Waals surface area (Å²) >= 11 is 0. The van der Waals surface area contributed by atoms with Crippen LogP contribution in [0.5, 0.6) is 0 Å². The van der Waals surface area contributed by atoms with Crippen LogP contribution in [-0.2, 0) is 23.9 Å². The first-order chi connectivity index (χ1) is 19.8. The van der Waals surface area contributed by atoms with Crippen molar-refractivity contribution in [1.82, 2.24) is 26.6 Å². The van der Waals surface area contributed by atoms with E-state index in [4.69, 9.17) is 10.5 Å². The van der Waals surface area contributed by atoms with E-state index >= 15 is 0 Å². The maximum Gasteiger partial charge on any atom is 0.312 e. The molecular weight excluding hydrogens is 552 g/mol.